The minimum Gasteiger partial charge on any atom is -0.496 e. The van der Waals surface area contributed by atoms with Crippen LogP contribution in [-0.2, 0) is 11.3 Å². The van der Waals surface area contributed by atoms with E-state index in [0.29, 0.717) is 6.54 Å². The van der Waals surface area contributed by atoms with Crippen molar-refractivity contribution in [3.8, 4) is 16.9 Å². The number of rotatable bonds is 6. The number of carbonyl (C=O) groups is 1. The van der Waals surface area contributed by atoms with E-state index in [0.717, 1.165) is 48.2 Å². The number of anilines is 1. The van der Waals surface area contributed by atoms with E-state index in [-0.39, 0.29) is 17.6 Å². The van der Waals surface area contributed by atoms with Gasteiger partial charge >= 0.3 is 0 Å². The van der Waals surface area contributed by atoms with Gasteiger partial charge in [-0.05, 0) is 48.7 Å². The number of benzene rings is 3. The van der Waals surface area contributed by atoms with Crippen molar-refractivity contribution in [3.63, 3.8) is 0 Å². The van der Waals surface area contributed by atoms with Crippen LogP contribution < -0.4 is 10.1 Å². The molecule has 1 aliphatic heterocycles. The molecule has 0 spiro atoms. The Morgan fingerprint density at radius 2 is 1.77 bits per heavy atom. The number of ether oxygens (including phenoxy) is 1. The molecule has 160 valence electrons. The zero-order valence-electron chi connectivity index (χ0n) is 17.7. The van der Waals surface area contributed by atoms with E-state index >= 15 is 0 Å². The van der Waals surface area contributed by atoms with Gasteiger partial charge in [0.15, 0.2) is 0 Å². The molecule has 5 heteroatoms. The number of carbonyl (C=O) groups excluding carboxylic acids is 1. The molecular formula is C26H27FN2O2. The summed E-state index contributed by atoms with van der Waals surface area (Å²) in [6, 6.07) is 22.4. The number of para-hydroxylation sites is 2. The number of amides is 1. The molecule has 0 aliphatic carbocycles. The topological polar surface area (TPSA) is 41.6 Å². The molecule has 1 unspecified atom stereocenters. The van der Waals surface area contributed by atoms with Gasteiger partial charge in [-0.3, -0.25) is 9.69 Å². The summed E-state index contributed by atoms with van der Waals surface area (Å²) in [6.45, 7) is 1.53. The maximum atomic E-state index is 14.0. The standard InChI is InChI=1S/C26H27FN2O2/c1-31-25-12-5-2-8-21(25)20-15-13-19(14-16-20)18-29-17-7-6-11-24(29)26(30)28-23-10-4-3-9-22(23)27/h2-5,8-10,12-16,24H,6-7,11,17-18H2,1H3,(H,28,30). The summed E-state index contributed by atoms with van der Waals surface area (Å²) in [7, 11) is 1.68. The summed E-state index contributed by atoms with van der Waals surface area (Å²) in [5.74, 6) is 0.289. The first-order valence-corrected chi connectivity index (χ1v) is 10.7. The second kappa shape index (κ2) is 9.75. The number of likely N-dealkylation sites (tertiary alicyclic amines) is 1. The normalized spacial score (nSPS) is 16.6. The van der Waals surface area contributed by atoms with Gasteiger partial charge in [0.1, 0.15) is 11.6 Å². The second-order valence-corrected chi connectivity index (χ2v) is 7.85. The van der Waals surface area contributed by atoms with Crippen LogP contribution in [0.15, 0.2) is 72.8 Å². The third kappa shape index (κ3) is 4.94. The molecule has 4 rings (SSSR count). The minimum atomic E-state index is -0.412. The first-order chi connectivity index (χ1) is 15.2. The van der Waals surface area contributed by atoms with Crippen molar-refractivity contribution in [2.24, 2.45) is 0 Å². The van der Waals surface area contributed by atoms with Gasteiger partial charge in [0, 0.05) is 12.1 Å². The Bertz CT molecular complexity index is 1040. The van der Waals surface area contributed by atoms with E-state index in [4.69, 9.17) is 4.74 Å². The molecule has 3 aromatic carbocycles. The van der Waals surface area contributed by atoms with Crippen molar-refractivity contribution >= 4 is 11.6 Å². The lowest BCUT2D eigenvalue weighted by Gasteiger charge is -2.34. The van der Waals surface area contributed by atoms with Gasteiger partial charge in [-0.15, -0.1) is 0 Å². The number of nitrogens with zero attached hydrogens (tertiary/aromatic N) is 1. The predicted molar refractivity (Wildman–Crippen MR) is 122 cm³/mol. The summed E-state index contributed by atoms with van der Waals surface area (Å²) in [5, 5.41) is 2.77. The van der Waals surface area contributed by atoms with E-state index in [1.165, 1.54) is 6.07 Å². The van der Waals surface area contributed by atoms with E-state index in [1.54, 1.807) is 25.3 Å². The molecular weight excluding hydrogens is 391 g/mol. The average Bonchev–Trinajstić information content (AvgIpc) is 2.81. The lowest BCUT2D eigenvalue weighted by molar-refractivity contribution is -0.122. The van der Waals surface area contributed by atoms with Crippen LogP contribution in [0.4, 0.5) is 10.1 Å². The molecule has 0 bridgehead atoms. The van der Waals surface area contributed by atoms with Crippen LogP contribution in [0.5, 0.6) is 5.75 Å². The molecule has 1 N–H and O–H groups in total. The fourth-order valence-corrected chi connectivity index (χ4v) is 4.16. The molecule has 1 saturated heterocycles. The monoisotopic (exact) mass is 418 g/mol. The maximum absolute atomic E-state index is 14.0. The Balaban J connectivity index is 1.47. The van der Waals surface area contributed by atoms with Gasteiger partial charge in [-0.1, -0.05) is 61.0 Å². The van der Waals surface area contributed by atoms with Crippen LogP contribution >= 0.6 is 0 Å². The van der Waals surface area contributed by atoms with Crippen molar-refractivity contribution in [1.29, 1.82) is 0 Å². The van der Waals surface area contributed by atoms with Crippen LogP contribution in [0.2, 0.25) is 0 Å². The van der Waals surface area contributed by atoms with E-state index in [9.17, 15) is 9.18 Å². The molecule has 1 fully saturated rings. The number of halogens is 1. The Morgan fingerprint density at radius 1 is 1.03 bits per heavy atom. The van der Waals surface area contributed by atoms with Crippen LogP contribution in [-0.4, -0.2) is 30.5 Å². The first-order valence-electron chi connectivity index (χ1n) is 10.7. The molecule has 31 heavy (non-hydrogen) atoms. The lowest BCUT2D eigenvalue weighted by atomic mass is 9.99. The van der Waals surface area contributed by atoms with Gasteiger partial charge in [0.05, 0.1) is 18.8 Å². The Labute approximate surface area is 182 Å². The highest BCUT2D eigenvalue weighted by Gasteiger charge is 2.29. The SMILES string of the molecule is COc1ccccc1-c1ccc(CN2CCCCC2C(=O)Nc2ccccc2F)cc1. The quantitative estimate of drug-likeness (QED) is 0.575. The fourth-order valence-electron chi connectivity index (χ4n) is 4.16. The van der Waals surface area contributed by atoms with Gasteiger partial charge in [-0.2, -0.15) is 0 Å². The molecule has 1 heterocycles. The molecule has 4 nitrogen and oxygen atoms in total. The Kier molecular flexibility index (Phi) is 6.63. The summed E-state index contributed by atoms with van der Waals surface area (Å²) in [4.78, 5) is 15.1. The first kappa shape index (κ1) is 21.1. The van der Waals surface area contributed by atoms with Crippen molar-refractivity contribution in [2.45, 2.75) is 31.8 Å². The fraction of sp³-hybridized carbons (Fsp3) is 0.269. The largest absolute Gasteiger partial charge is 0.496 e. The third-order valence-electron chi connectivity index (χ3n) is 5.81. The van der Waals surface area contributed by atoms with E-state index in [2.05, 4.69) is 34.5 Å². The van der Waals surface area contributed by atoms with Crippen molar-refractivity contribution < 1.29 is 13.9 Å². The Hall–Kier alpha value is -3.18. The van der Waals surface area contributed by atoms with Crippen LogP contribution in [0.25, 0.3) is 11.1 Å². The number of piperidine rings is 1. The number of hydrogen-bond donors (Lipinski definition) is 1. The second-order valence-electron chi connectivity index (χ2n) is 7.85. The third-order valence-corrected chi connectivity index (χ3v) is 5.81. The summed E-state index contributed by atoms with van der Waals surface area (Å²) >= 11 is 0. The van der Waals surface area contributed by atoms with Crippen LogP contribution in [0.1, 0.15) is 24.8 Å². The van der Waals surface area contributed by atoms with Gasteiger partial charge in [0.2, 0.25) is 5.91 Å². The minimum absolute atomic E-state index is 0.143. The highest BCUT2D eigenvalue weighted by atomic mass is 19.1. The van der Waals surface area contributed by atoms with Crippen LogP contribution in [0, 0.1) is 5.82 Å². The summed E-state index contributed by atoms with van der Waals surface area (Å²) in [6.07, 6.45) is 2.83. The zero-order chi connectivity index (χ0) is 21.6. The average molecular weight is 419 g/mol. The number of nitrogens with one attached hydrogen (secondary N) is 1. The number of methoxy groups -OCH3 is 1. The summed E-state index contributed by atoms with van der Waals surface area (Å²) in [5.41, 5.74) is 3.52. The van der Waals surface area contributed by atoms with Crippen molar-refractivity contribution in [2.75, 3.05) is 19.0 Å². The highest BCUT2D eigenvalue weighted by molar-refractivity contribution is 5.95. The van der Waals surface area contributed by atoms with Gasteiger partial charge in [-0.25, -0.2) is 4.39 Å². The maximum Gasteiger partial charge on any atom is 0.241 e. The van der Waals surface area contributed by atoms with Gasteiger partial charge < -0.3 is 10.1 Å². The predicted octanol–water partition coefficient (Wildman–Crippen LogP) is 5.49. The molecule has 3 aromatic rings. The van der Waals surface area contributed by atoms with Gasteiger partial charge in [0.25, 0.3) is 0 Å². The van der Waals surface area contributed by atoms with E-state index < -0.39 is 5.82 Å². The van der Waals surface area contributed by atoms with Crippen LogP contribution in [0.3, 0.4) is 0 Å². The molecule has 1 atom stereocenters. The molecule has 1 aliphatic rings. The van der Waals surface area contributed by atoms with E-state index in [1.807, 2.05) is 24.3 Å². The van der Waals surface area contributed by atoms with Crippen molar-refractivity contribution in [3.05, 3.63) is 84.2 Å². The smallest absolute Gasteiger partial charge is 0.241 e. The molecule has 1 amide bonds. The molecule has 0 radical (unpaired) electrons. The summed E-state index contributed by atoms with van der Waals surface area (Å²) < 4.78 is 19.4. The lowest BCUT2D eigenvalue weighted by Crippen LogP contribution is -2.46. The van der Waals surface area contributed by atoms with Crippen molar-refractivity contribution in [1.82, 2.24) is 4.90 Å². The highest BCUT2D eigenvalue weighted by Crippen LogP contribution is 2.30. The molecule has 0 aromatic heterocycles. The zero-order valence-corrected chi connectivity index (χ0v) is 17.7. The number of hydrogen-bond acceptors (Lipinski definition) is 3. The Morgan fingerprint density at radius 3 is 2.55 bits per heavy atom. The molecule has 0 saturated carbocycles.